The van der Waals surface area contributed by atoms with E-state index in [2.05, 4.69) is 5.32 Å². The number of benzene rings is 1. The van der Waals surface area contributed by atoms with Gasteiger partial charge in [0.05, 0.1) is 13.2 Å². The van der Waals surface area contributed by atoms with E-state index < -0.39 is 11.9 Å². The van der Waals surface area contributed by atoms with Crippen LogP contribution in [-0.4, -0.2) is 25.3 Å². The summed E-state index contributed by atoms with van der Waals surface area (Å²) >= 11 is 0. The van der Waals surface area contributed by atoms with E-state index in [0.29, 0.717) is 18.5 Å². The second-order valence-corrected chi connectivity index (χ2v) is 3.55. The summed E-state index contributed by atoms with van der Waals surface area (Å²) in [6.07, 6.45) is -0.0703. The zero-order chi connectivity index (χ0) is 12.0. The first-order valence-electron chi connectivity index (χ1n) is 5.41. The van der Waals surface area contributed by atoms with E-state index in [1.54, 1.807) is 6.07 Å². The summed E-state index contributed by atoms with van der Waals surface area (Å²) in [5.41, 5.74) is 0.580. The Bertz CT molecular complexity index is 331. The van der Waals surface area contributed by atoms with E-state index in [9.17, 15) is 9.50 Å². The van der Waals surface area contributed by atoms with Crippen molar-refractivity contribution < 1.29 is 14.2 Å². The van der Waals surface area contributed by atoms with Crippen molar-refractivity contribution in [1.29, 1.82) is 0 Å². The van der Waals surface area contributed by atoms with Crippen LogP contribution in [0.4, 0.5) is 4.39 Å². The predicted molar refractivity (Wildman–Crippen MR) is 61.1 cm³/mol. The van der Waals surface area contributed by atoms with Gasteiger partial charge in [-0.2, -0.15) is 0 Å². The van der Waals surface area contributed by atoms with Gasteiger partial charge in [-0.05, 0) is 37.2 Å². The zero-order valence-electron chi connectivity index (χ0n) is 9.66. The Morgan fingerprint density at radius 1 is 1.50 bits per heavy atom. The van der Waals surface area contributed by atoms with Gasteiger partial charge in [-0.25, -0.2) is 4.39 Å². The van der Waals surface area contributed by atoms with Crippen molar-refractivity contribution in [2.24, 2.45) is 0 Å². The van der Waals surface area contributed by atoms with Gasteiger partial charge in [0.2, 0.25) is 0 Å². The molecule has 0 amide bonds. The molecule has 0 bridgehead atoms. The lowest BCUT2D eigenvalue weighted by Crippen LogP contribution is -2.16. The molecule has 1 rings (SSSR count). The molecule has 0 aliphatic rings. The fourth-order valence-corrected chi connectivity index (χ4v) is 1.47. The van der Waals surface area contributed by atoms with Crippen LogP contribution in [0.25, 0.3) is 0 Å². The van der Waals surface area contributed by atoms with Crippen LogP contribution in [0.15, 0.2) is 18.2 Å². The topological polar surface area (TPSA) is 41.5 Å². The lowest BCUT2D eigenvalue weighted by Gasteiger charge is -2.12. The standard InChI is InChI=1S/C12H18FNO2/c1-3-14-7-6-11(15)9-4-5-12(16-2)10(13)8-9/h4-5,8,11,14-15H,3,6-7H2,1-2H3. The van der Waals surface area contributed by atoms with Gasteiger partial charge in [0, 0.05) is 0 Å². The van der Waals surface area contributed by atoms with Crippen molar-refractivity contribution in [3.63, 3.8) is 0 Å². The number of nitrogens with one attached hydrogen (secondary N) is 1. The Kier molecular flexibility index (Phi) is 5.22. The summed E-state index contributed by atoms with van der Waals surface area (Å²) in [6, 6.07) is 4.52. The summed E-state index contributed by atoms with van der Waals surface area (Å²) < 4.78 is 18.2. The Morgan fingerprint density at radius 2 is 2.25 bits per heavy atom. The predicted octanol–water partition coefficient (Wildman–Crippen LogP) is 1.87. The van der Waals surface area contributed by atoms with Crippen molar-refractivity contribution in [1.82, 2.24) is 5.32 Å². The molecule has 0 aliphatic carbocycles. The molecule has 0 saturated carbocycles. The summed E-state index contributed by atoms with van der Waals surface area (Å²) in [7, 11) is 1.42. The number of ether oxygens (including phenoxy) is 1. The average Bonchev–Trinajstić information content (AvgIpc) is 2.29. The molecule has 0 heterocycles. The Hall–Kier alpha value is -1.13. The molecule has 1 aromatic carbocycles. The molecule has 1 aromatic rings. The Balaban J connectivity index is 2.62. The first-order chi connectivity index (χ1) is 7.69. The quantitative estimate of drug-likeness (QED) is 0.729. The lowest BCUT2D eigenvalue weighted by molar-refractivity contribution is 0.166. The molecule has 1 atom stereocenters. The smallest absolute Gasteiger partial charge is 0.165 e. The molecule has 0 aliphatic heterocycles. The monoisotopic (exact) mass is 227 g/mol. The third-order valence-corrected chi connectivity index (χ3v) is 2.41. The number of aliphatic hydroxyl groups is 1. The molecular weight excluding hydrogens is 209 g/mol. The highest BCUT2D eigenvalue weighted by atomic mass is 19.1. The van der Waals surface area contributed by atoms with Gasteiger partial charge in [-0.1, -0.05) is 13.0 Å². The highest BCUT2D eigenvalue weighted by Gasteiger charge is 2.10. The Morgan fingerprint density at radius 3 is 2.81 bits per heavy atom. The van der Waals surface area contributed by atoms with Crippen LogP contribution >= 0.6 is 0 Å². The van der Waals surface area contributed by atoms with Crippen LogP contribution in [0.3, 0.4) is 0 Å². The maximum atomic E-state index is 13.3. The highest BCUT2D eigenvalue weighted by Crippen LogP contribution is 2.23. The van der Waals surface area contributed by atoms with E-state index in [0.717, 1.165) is 6.54 Å². The van der Waals surface area contributed by atoms with E-state index in [1.165, 1.54) is 19.2 Å². The number of hydrogen-bond donors (Lipinski definition) is 2. The molecule has 0 fully saturated rings. The van der Waals surface area contributed by atoms with E-state index in [-0.39, 0.29) is 5.75 Å². The molecule has 3 nitrogen and oxygen atoms in total. The SMILES string of the molecule is CCNCCC(O)c1ccc(OC)c(F)c1. The molecule has 4 heteroatoms. The molecule has 1 unspecified atom stereocenters. The average molecular weight is 227 g/mol. The molecule has 16 heavy (non-hydrogen) atoms. The minimum Gasteiger partial charge on any atom is -0.494 e. The van der Waals surface area contributed by atoms with Crippen LogP contribution in [0.5, 0.6) is 5.75 Å². The fourth-order valence-electron chi connectivity index (χ4n) is 1.47. The summed E-state index contributed by atoms with van der Waals surface area (Å²) in [5.74, 6) is -0.245. The highest BCUT2D eigenvalue weighted by molar-refractivity contribution is 5.30. The first-order valence-corrected chi connectivity index (χ1v) is 5.41. The zero-order valence-corrected chi connectivity index (χ0v) is 9.66. The van der Waals surface area contributed by atoms with Crippen molar-refractivity contribution in [2.75, 3.05) is 20.2 Å². The maximum absolute atomic E-state index is 13.3. The van der Waals surface area contributed by atoms with Crippen LogP contribution in [0, 0.1) is 5.82 Å². The van der Waals surface area contributed by atoms with Crippen LogP contribution in [0.2, 0.25) is 0 Å². The number of hydrogen-bond acceptors (Lipinski definition) is 3. The third kappa shape index (κ3) is 3.47. The van der Waals surface area contributed by atoms with Crippen molar-refractivity contribution >= 4 is 0 Å². The summed E-state index contributed by atoms with van der Waals surface area (Å²) in [5, 5.41) is 12.9. The first kappa shape index (κ1) is 12.9. The maximum Gasteiger partial charge on any atom is 0.165 e. The van der Waals surface area contributed by atoms with Gasteiger partial charge in [-0.15, -0.1) is 0 Å². The van der Waals surface area contributed by atoms with Gasteiger partial charge in [0.25, 0.3) is 0 Å². The van der Waals surface area contributed by atoms with Gasteiger partial charge >= 0.3 is 0 Å². The fraction of sp³-hybridized carbons (Fsp3) is 0.500. The summed E-state index contributed by atoms with van der Waals surface area (Å²) in [4.78, 5) is 0. The van der Waals surface area contributed by atoms with Gasteiger partial charge in [0.15, 0.2) is 11.6 Å². The van der Waals surface area contributed by atoms with Crippen LogP contribution in [0.1, 0.15) is 25.0 Å². The number of halogens is 1. The van der Waals surface area contributed by atoms with Gasteiger partial charge in [0.1, 0.15) is 0 Å². The van der Waals surface area contributed by atoms with Gasteiger partial charge in [-0.3, -0.25) is 0 Å². The normalized spacial score (nSPS) is 12.5. The molecule has 2 N–H and O–H groups in total. The Labute approximate surface area is 95.2 Å². The van der Waals surface area contributed by atoms with Gasteiger partial charge < -0.3 is 15.2 Å². The van der Waals surface area contributed by atoms with Crippen LogP contribution < -0.4 is 10.1 Å². The van der Waals surface area contributed by atoms with Crippen molar-refractivity contribution in [3.05, 3.63) is 29.6 Å². The van der Waals surface area contributed by atoms with Crippen molar-refractivity contribution in [2.45, 2.75) is 19.4 Å². The van der Waals surface area contributed by atoms with Crippen LogP contribution in [-0.2, 0) is 0 Å². The number of rotatable bonds is 6. The van der Waals surface area contributed by atoms with Crippen molar-refractivity contribution in [3.8, 4) is 5.75 Å². The second kappa shape index (κ2) is 6.45. The minimum absolute atomic E-state index is 0.197. The molecule has 0 aromatic heterocycles. The molecule has 0 saturated heterocycles. The third-order valence-electron chi connectivity index (χ3n) is 2.41. The van der Waals surface area contributed by atoms with E-state index in [1.807, 2.05) is 6.92 Å². The largest absolute Gasteiger partial charge is 0.494 e. The lowest BCUT2D eigenvalue weighted by atomic mass is 10.1. The molecule has 0 radical (unpaired) electrons. The molecule has 0 spiro atoms. The number of methoxy groups -OCH3 is 1. The number of aliphatic hydroxyl groups excluding tert-OH is 1. The second-order valence-electron chi connectivity index (χ2n) is 3.55. The molecular formula is C12H18FNO2. The minimum atomic E-state index is -0.639. The summed E-state index contributed by atoms with van der Waals surface area (Å²) in [6.45, 7) is 3.58. The van der Waals surface area contributed by atoms with E-state index >= 15 is 0 Å². The van der Waals surface area contributed by atoms with E-state index in [4.69, 9.17) is 4.74 Å². The molecule has 90 valence electrons.